The summed E-state index contributed by atoms with van der Waals surface area (Å²) >= 11 is 0. The molecule has 0 spiro atoms. The summed E-state index contributed by atoms with van der Waals surface area (Å²) in [6.07, 6.45) is 0. The first-order valence-electron chi connectivity index (χ1n) is 5.69. The number of nitrogens with one attached hydrogen (secondary N) is 1. The van der Waals surface area contributed by atoms with Crippen LogP contribution >= 0.6 is 0 Å². The van der Waals surface area contributed by atoms with Gasteiger partial charge < -0.3 is 0 Å². The third-order valence-corrected chi connectivity index (χ3v) is 3.31. The predicted molar refractivity (Wildman–Crippen MR) is 65.2 cm³/mol. The lowest BCUT2D eigenvalue weighted by molar-refractivity contribution is 0.305. The molecule has 0 fully saturated rings. The highest BCUT2D eigenvalue weighted by Crippen LogP contribution is 2.27. The highest BCUT2D eigenvalue weighted by atomic mass is 19.1. The van der Waals surface area contributed by atoms with Gasteiger partial charge in [-0.1, -0.05) is 32.9 Å². The number of benzene rings is 1. The SMILES string of the molecule is Cc1ccc(C(NN)C(C)C(C)C)cc1F. The molecule has 90 valence electrons. The van der Waals surface area contributed by atoms with Crippen LogP contribution < -0.4 is 11.3 Å². The van der Waals surface area contributed by atoms with Crippen LogP contribution in [0.25, 0.3) is 0 Å². The van der Waals surface area contributed by atoms with Gasteiger partial charge in [0, 0.05) is 6.04 Å². The summed E-state index contributed by atoms with van der Waals surface area (Å²) in [5.41, 5.74) is 4.35. The van der Waals surface area contributed by atoms with Gasteiger partial charge in [-0.05, 0) is 36.0 Å². The molecule has 0 aromatic heterocycles. The van der Waals surface area contributed by atoms with E-state index in [9.17, 15) is 4.39 Å². The first-order valence-corrected chi connectivity index (χ1v) is 5.69. The number of halogens is 1. The molecule has 1 aromatic carbocycles. The van der Waals surface area contributed by atoms with Gasteiger partial charge >= 0.3 is 0 Å². The topological polar surface area (TPSA) is 38.0 Å². The van der Waals surface area contributed by atoms with Gasteiger partial charge in [0.05, 0.1) is 0 Å². The summed E-state index contributed by atoms with van der Waals surface area (Å²) in [5, 5.41) is 0. The zero-order chi connectivity index (χ0) is 12.3. The van der Waals surface area contributed by atoms with Gasteiger partial charge in [-0.2, -0.15) is 0 Å². The molecule has 0 aliphatic heterocycles. The second-order valence-electron chi connectivity index (χ2n) is 4.76. The monoisotopic (exact) mass is 224 g/mol. The molecule has 0 bridgehead atoms. The van der Waals surface area contributed by atoms with E-state index >= 15 is 0 Å². The van der Waals surface area contributed by atoms with E-state index in [0.717, 1.165) is 5.56 Å². The Balaban J connectivity index is 2.99. The van der Waals surface area contributed by atoms with Crippen molar-refractivity contribution in [3.63, 3.8) is 0 Å². The van der Waals surface area contributed by atoms with Crippen LogP contribution in [0.3, 0.4) is 0 Å². The Hall–Kier alpha value is -0.930. The van der Waals surface area contributed by atoms with Crippen molar-refractivity contribution >= 4 is 0 Å². The van der Waals surface area contributed by atoms with Crippen molar-refractivity contribution < 1.29 is 4.39 Å². The normalized spacial score (nSPS) is 15.2. The summed E-state index contributed by atoms with van der Waals surface area (Å²) in [5.74, 6) is 6.23. The minimum atomic E-state index is -0.172. The van der Waals surface area contributed by atoms with Gasteiger partial charge in [0.25, 0.3) is 0 Å². The molecule has 0 aliphatic rings. The van der Waals surface area contributed by atoms with Crippen molar-refractivity contribution in [1.82, 2.24) is 5.43 Å². The van der Waals surface area contributed by atoms with Crippen molar-refractivity contribution in [3.05, 3.63) is 35.1 Å². The second-order valence-corrected chi connectivity index (χ2v) is 4.76. The Morgan fingerprint density at radius 3 is 2.31 bits per heavy atom. The summed E-state index contributed by atoms with van der Waals surface area (Å²) in [4.78, 5) is 0. The van der Waals surface area contributed by atoms with E-state index < -0.39 is 0 Å². The molecule has 1 rings (SSSR count). The molecule has 0 radical (unpaired) electrons. The molecule has 0 saturated carbocycles. The third kappa shape index (κ3) is 2.80. The van der Waals surface area contributed by atoms with Gasteiger partial charge in [0.15, 0.2) is 0 Å². The van der Waals surface area contributed by atoms with Gasteiger partial charge in [-0.25, -0.2) is 4.39 Å². The fourth-order valence-electron chi connectivity index (χ4n) is 1.74. The molecular formula is C13H21FN2. The standard InChI is InChI=1S/C13H21FN2/c1-8(2)10(4)13(16-15)11-6-5-9(3)12(14)7-11/h5-8,10,13,16H,15H2,1-4H3. The van der Waals surface area contributed by atoms with Crippen LogP contribution in [0.15, 0.2) is 18.2 Å². The smallest absolute Gasteiger partial charge is 0.126 e. The van der Waals surface area contributed by atoms with Crippen LogP contribution in [0.4, 0.5) is 4.39 Å². The molecule has 0 aliphatic carbocycles. The van der Waals surface area contributed by atoms with Crippen molar-refractivity contribution in [2.75, 3.05) is 0 Å². The molecule has 16 heavy (non-hydrogen) atoms. The molecule has 0 saturated heterocycles. The Morgan fingerprint density at radius 2 is 1.88 bits per heavy atom. The minimum absolute atomic E-state index is 0.00454. The average molecular weight is 224 g/mol. The number of hydrogen-bond acceptors (Lipinski definition) is 2. The first-order chi connectivity index (χ1) is 7.47. The minimum Gasteiger partial charge on any atom is -0.271 e. The lowest BCUT2D eigenvalue weighted by Crippen LogP contribution is -2.34. The average Bonchev–Trinajstić information content (AvgIpc) is 2.24. The first kappa shape index (κ1) is 13.1. The second kappa shape index (κ2) is 5.41. The Bertz CT molecular complexity index is 350. The zero-order valence-electron chi connectivity index (χ0n) is 10.4. The maximum atomic E-state index is 13.5. The molecule has 3 N–H and O–H groups in total. The largest absolute Gasteiger partial charge is 0.271 e. The number of rotatable bonds is 4. The lowest BCUT2D eigenvalue weighted by atomic mass is 9.86. The molecule has 0 heterocycles. The maximum absolute atomic E-state index is 13.5. The quantitative estimate of drug-likeness (QED) is 0.609. The van der Waals surface area contributed by atoms with Crippen LogP contribution in [0.1, 0.15) is 37.9 Å². The van der Waals surface area contributed by atoms with Gasteiger partial charge in [-0.3, -0.25) is 11.3 Å². The molecule has 3 heteroatoms. The van der Waals surface area contributed by atoms with E-state index in [2.05, 4.69) is 26.2 Å². The van der Waals surface area contributed by atoms with Crippen LogP contribution in [0.2, 0.25) is 0 Å². The highest BCUT2D eigenvalue weighted by molar-refractivity contribution is 5.26. The van der Waals surface area contributed by atoms with E-state index in [0.29, 0.717) is 17.4 Å². The Morgan fingerprint density at radius 1 is 1.25 bits per heavy atom. The Kier molecular flexibility index (Phi) is 4.44. The van der Waals surface area contributed by atoms with E-state index in [4.69, 9.17) is 5.84 Å². The van der Waals surface area contributed by atoms with Crippen LogP contribution in [-0.4, -0.2) is 0 Å². The molecule has 1 aromatic rings. The van der Waals surface area contributed by atoms with Crippen molar-refractivity contribution in [3.8, 4) is 0 Å². The Labute approximate surface area is 97.0 Å². The van der Waals surface area contributed by atoms with Crippen LogP contribution in [-0.2, 0) is 0 Å². The fraction of sp³-hybridized carbons (Fsp3) is 0.538. The number of hydrazine groups is 1. The number of aryl methyl sites for hydroxylation is 1. The van der Waals surface area contributed by atoms with Crippen LogP contribution in [0.5, 0.6) is 0 Å². The van der Waals surface area contributed by atoms with Gasteiger partial charge in [0.2, 0.25) is 0 Å². The number of hydrogen-bond donors (Lipinski definition) is 2. The fourth-order valence-corrected chi connectivity index (χ4v) is 1.74. The predicted octanol–water partition coefficient (Wildman–Crippen LogP) is 2.93. The van der Waals surface area contributed by atoms with E-state index in [1.165, 1.54) is 0 Å². The molecule has 2 nitrogen and oxygen atoms in total. The summed E-state index contributed by atoms with van der Waals surface area (Å²) < 4.78 is 13.5. The lowest BCUT2D eigenvalue weighted by Gasteiger charge is -2.26. The molecule has 0 amide bonds. The molecular weight excluding hydrogens is 203 g/mol. The van der Waals surface area contributed by atoms with Crippen molar-refractivity contribution in [1.29, 1.82) is 0 Å². The number of nitrogens with two attached hydrogens (primary N) is 1. The van der Waals surface area contributed by atoms with Crippen molar-refractivity contribution in [2.24, 2.45) is 17.7 Å². The molecule has 2 atom stereocenters. The highest BCUT2D eigenvalue weighted by Gasteiger charge is 2.21. The van der Waals surface area contributed by atoms with Crippen molar-refractivity contribution in [2.45, 2.75) is 33.7 Å². The summed E-state index contributed by atoms with van der Waals surface area (Å²) in [7, 11) is 0. The summed E-state index contributed by atoms with van der Waals surface area (Å²) in [6.45, 7) is 8.15. The van der Waals surface area contributed by atoms with E-state index in [1.807, 2.05) is 6.07 Å². The van der Waals surface area contributed by atoms with Gasteiger partial charge in [0.1, 0.15) is 5.82 Å². The third-order valence-electron chi connectivity index (χ3n) is 3.31. The maximum Gasteiger partial charge on any atom is 0.126 e. The van der Waals surface area contributed by atoms with E-state index in [-0.39, 0.29) is 11.9 Å². The van der Waals surface area contributed by atoms with E-state index in [1.54, 1.807) is 19.1 Å². The molecule has 2 unspecified atom stereocenters. The summed E-state index contributed by atoms with van der Waals surface area (Å²) in [6, 6.07) is 5.29. The van der Waals surface area contributed by atoms with Gasteiger partial charge in [-0.15, -0.1) is 0 Å². The zero-order valence-corrected chi connectivity index (χ0v) is 10.4. The van der Waals surface area contributed by atoms with Crippen LogP contribution in [0, 0.1) is 24.6 Å².